The van der Waals surface area contributed by atoms with Crippen LogP contribution in [0.15, 0.2) is 30.5 Å². The average Bonchev–Trinajstić information content (AvgIpc) is 2.37. The molecule has 18 heavy (non-hydrogen) atoms. The zero-order valence-corrected chi connectivity index (χ0v) is 9.38. The van der Waals surface area contributed by atoms with E-state index in [1.807, 2.05) is 0 Å². The third-order valence-electron chi connectivity index (χ3n) is 2.44. The molecule has 6 heteroatoms. The van der Waals surface area contributed by atoms with E-state index in [2.05, 4.69) is 10.3 Å². The molecular weight excluding hydrogens is 234 g/mol. The van der Waals surface area contributed by atoms with Gasteiger partial charge in [0.15, 0.2) is 5.69 Å². The van der Waals surface area contributed by atoms with E-state index in [4.69, 9.17) is 10.8 Å². The number of amides is 1. The van der Waals surface area contributed by atoms with Crippen LogP contribution in [0.1, 0.15) is 10.5 Å². The number of nitrogens with two attached hydrogens (primary N) is 1. The second kappa shape index (κ2) is 4.80. The highest BCUT2D eigenvalue weighted by molar-refractivity contribution is 6.03. The summed E-state index contributed by atoms with van der Waals surface area (Å²) in [6.07, 6.45) is 1.42. The van der Waals surface area contributed by atoms with E-state index in [0.717, 1.165) is 0 Å². The summed E-state index contributed by atoms with van der Waals surface area (Å²) in [7, 11) is 0. The zero-order chi connectivity index (χ0) is 13.1. The molecule has 0 aliphatic heterocycles. The number of nitrogens with zero attached hydrogens (tertiary/aromatic N) is 1. The molecule has 0 radical (unpaired) electrons. The van der Waals surface area contributed by atoms with Crippen molar-refractivity contribution in [2.24, 2.45) is 5.73 Å². The van der Waals surface area contributed by atoms with Gasteiger partial charge in [-0.2, -0.15) is 0 Å². The molecular formula is C12H11N3O3. The maximum Gasteiger partial charge on any atom is 0.355 e. The van der Waals surface area contributed by atoms with Gasteiger partial charge < -0.3 is 16.2 Å². The Morgan fingerprint density at radius 1 is 1.33 bits per heavy atom. The second-order valence-corrected chi connectivity index (χ2v) is 3.65. The molecule has 0 aliphatic carbocycles. The van der Waals surface area contributed by atoms with Crippen LogP contribution >= 0.6 is 0 Å². The smallest absolute Gasteiger partial charge is 0.355 e. The Morgan fingerprint density at radius 2 is 2.11 bits per heavy atom. The van der Waals surface area contributed by atoms with E-state index in [1.165, 1.54) is 6.20 Å². The van der Waals surface area contributed by atoms with Crippen LogP contribution in [0.4, 0.5) is 5.69 Å². The van der Waals surface area contributed by atoms with Crippen molar-refractivity contribution in [1.82, 2.24) is 4.98 Å². The van der Waals surface area contributed by atoms with Crippen molar-refractivity contribution in [2.75, 3.05) is 11.9 Å². The lowest BCUT2D eigenvalue weighted by atomic mass is 10.1. The van der Waals surface area contributed by atoms with E-state index >= 15 is 0 Å². The van der Waals surface area contributed by atoms with Gasteiger partial charge in [-0.1, -0.05) is 0 Å². The molecule has 0 atom stereocenters. The number of anilines is 1. The Labute approximate surface area is 102 Å². The van der Waals surface area contributed by atoms with Gasteiger partial charge in [-0.25, -0.2) is 9.78 Å². The zero-order valence-electron chi connectivity index (χ0n) is 9.38. The minimum Gasteiger partial charge on any atom is -0.476 e. The van der Waals surface area contributed by atoms with Crippen molar-refractivity contribution >= 4 is 28.3 Å². The third kappa shape index (κ3) is 2.28. The predicted molar refractivity (Wildman–Crippen MR) is 66.4 cm³/mol. The molecule has 0 unspecified atom stereocenters. The van der Waals surface area contributed by atoms with Gasteiger partial charge >= 0.3 is 5.97 Å². The number of pyridine rings is 1. The maximum absolute atomic E-state index is 11.1. The molecule has 0 saturated carbocycles. The van der Waals surface area contributed by atoms with E-state index in [9.17, 15) is 9.59 Å². The number of carboxylic acids is 1. The molecule has 2 aromatic rings. The number of aromatic nitrogens is 1. The summed E-state index contributed by atoms with van der Waals surface area (Å²) >= 11 is 0. The molecule has 0 bridgehead atoms. The summed E-state index contributed by atoms with van der Waals surface area (Å²) in [4.78, 5) is 25.9. The molecule has 0 fully saturated rings. The maximum atomic E-state index is 11.1. The number of aromatic carboxylic acids is 1. The van der Waals surface area contributed by atoms with Gasteiger partial charge in [0.25, 0.3) is 0 Å². The second-order valence-electron chi connectivity index (χ2n) is 3.65. The lowest BCUT2D eigenvalue weighted by Crippen LogP contribution is -2.21. The minimum atomic E-state index is -1.08. The number of carbonyl (C=O) groups excluding carboxylic acids is 1. The van der Waals surface area contributed by atoms with Crippen LogP contribution in [0.5, 0.6) is 0 Å². The standard InChI is InChI=1S/C12H11N3O3/c13-6-10(16)15-8-1-2-9-7(5-8)3-4-14-11(9)12(17)18/h1-5H,6,13H2,(H,15,16)(H,17,18). The SMILES string of the molecule is NCC(=O)Nc1ccc2c(C(=O)O)nccc2c1. The number of hydrogen-bond acceptors (Lipinski definition) is 4. The van der Waals surface area contributed by atoms with Gasteiger partial charge in [-0.3, -0.25) is 4.79 Å². The van der Waals surface area contributed by atoms with Crippen molar-refractivity contribution < 1.29 is 14.7 Å². The fourth-order valence-electron chi connectivity index (χ4n) is 1.64. The fourth-order valence-corrected chi connectivity index (χ4v) is 1.64. The normalized spacial score (nSPS) is 10.3. The summed E-state index contributed by atoms with van der Waals surface area (Å²) in [5.74, 6) is -1.39. The molecule has 4 N–H and O–H groups in total. The van der Waals surface area contributed by atoms with Crippen molar-refractivity contribution in [3.63, 3.8) is 0 Å². The summed E-state index contributed by atoms with van der Waals surface area (Å²) in [6, 6.07) is 6.58. The molecule has 1 heterocycles. The number of carbonyl (C=O) groups is 2. The number of rotatable bonds is 3. The monoisotopic (exact) mass is 245 g/mol. The minimum absolute atomic E-state index is 0.01000. The van der Waals surface area contributed by atoms with Crippen LogP contribution in [-0.2, 0) is 4.79 Å². The molecule has 0 spiro atoms. The summed E-state index contributed by atoms with van der Waals surface area (Å²) in [6.45, 7) is -0.102. The first-order chi connectivity index (χ1) is 8.61. The summed E-state index contributed by atoms with van der Waals surface area (Å²) in [5, 5.41) is 12.8. The molecule has 92 valence electrons. The first kappa shape index (κ1) is 12.0. The Bertz CT molecular complexity index is 625. The molecule has 1 aromatic heterocycles. The van der Waals surface area contributed by atoms with Gasteiger partial charge in [0, 0.05) is 17.3 Å². The van der Waals surface area contributed by atoms with Crippen molar-refractivity contribution in [1.29, 1.82) is 0 Å². The number of benzene rings is 1. The van der Waals surface area contributed by atoms with Crippen molar-refractivity contribution in [3.8, 4) is 0 Å². The topological polar surface area (TPSA) is 105 Å². The first-order valence-corrected chi connectivity index (χ1v) is 5.24. The van der Waals surface area contributed by atoms with Gasteiger partial charge in [0.2, 0.25) is 5.91 Å². The number of carboxylic acid groups (broad SMARTS) is 1. The van der Waals surface area contributed by atoms with Crippen LogP contribution < -0.4 is 11.1 Å². The highest BCUT2D eigenvalue weighted by Crippen LogP contribution is 2.21. The van der Waals surface area contributed by atoms with Crippen molar-refractivity contribution in [3.05, 3.63) is 36.2 Å². The molecule has 2 rings (SSSR count). The molecule has 1 aromatic carbocycles. The highest BCUT2D eigenvalue weighted by atomic mass is 16.4. The Balaban J connectivity index is 2.47. The largest absolute Gasteiger partial charge is 0.476 e. The lowest BCUT2D eigenvalue weighted by Gasteiger charge is -2.06. The van der Waals surface area contributed by atoms with Gasteiger partial charge in [0.1, 0.15) is 0 Å². The molecule has 0 aliphatic rings. The van der Waals surface area contributed by atoms with E-state index in [0.29, 0.717) is 16.5 Å². The molecule has 6 nitrogen and oxygen atoms in total. The van der Waals surface area contributed by atoms with Crippen LogP contribution in [0, 0.1) is 0 Å². The quantitative estimate of drug-likeness (QED) is 0.742. The van der Waals surface area contributed by atoms with E-state index in [-0.39, 0.29) is 18.1 Å². The van der Waals surface area contributed by atoms with Gasteiger partial charge in [-0.15, -0.1) is 0 Å². The van der Waals surface area contributed by atoms with Crippen LogP contribution in [0.25, 0.3) is 10.8 Å². The molecule has 0 saturated heterocycles. The molecule has 1 amide bonds. The van der Waals surface area contributed by atoms with Crippen LogP contribution in [0.3, 0.4) is 0 Å². The average molecular weight is 245 g/mol. The summed E-state index contributed by atoms with van der Waals surface area (Å²) < 4.78 is 0. The Kier molecular flexibility index (Phi) is 3.20. The Hall–Kier alpha value is -2.47. The number of fused-ring (bicyclic) bond motifs is 1. The van der Waals surface area contributed by atoms with Crippen molar-refractivity contribution in [2.45, 2.75) is 0 Å². The first-order valence-electron chi connectivity index (χ1n) is 5.24. The van der Waals surface area contributed by atoms with Crippen LogP contribution in [0.2, 0.25) is 0 Å². The van der Waals surface area contributed by atoms with Crippen LogP contribution in [-0.4, -0.2) is 28.5 Å². The lowest BCUT2D eigenvalue weighted by molar-refractivity contribution is -0.114. The number of nitrogens with one attached hydrogen (secondary N) is 1. The Morgan fingerprint density at radius 3 is 2.78 bits per heavy atom. The predicted octanol–water partition coefficient (Wildman–Crippen LogP) is 0.830. The van der Waals surface area contributed by atoms with E-state index < -0.39 is 5.97 Å². The van der Waals surface area contributed by atoms with Gasteiger partial charge in [0.05, 0.1) is 6.54 Å². The van der Waals surface area contributed by atoms with E-state index in [1.54, 1.807) is 24.3 Å². The summed E-state index contributed by atoms with van der Waals surface area (Å²) in [5.41, 5.74) is 5.76. The highest BCUT2D eigenvalue weighted by Gasteiger charge is 2.10. The van der Waals surface area contributed by atoms with Gasteiger partial charge in [-0.05, 0) is 29.7 Å². The number of hydrogen-bond donors (Lipinski definition) is 3. The fraction of sp³-hybridized carbons (Fsp3) is 0.0833. The third-order valence-corrected chi connectivity index (χ3v) is 2.44.